The summed E-state index contributed by atoms with van der Waals surface area (Å²) in [6.07, 6.45) is 1.82. The first-order chi connectivity index (χ1) is 8.20. The Balaban J connectivity index is 2.25. The Bertz CT molecular complexity index is 528. The van der Waals surface area contributed by atoms with Crippen LogP contribution in [0.2, 0.25) is 0 Å². The number of rotatable bonds is 4. The van der Waals surface area contributed by atoms with E-state index < -0.39 is 5.97 Å². The van der Waals surface area contributed by atoms with Crippen LogP contribution in [0.3, 0.4) is 0 Å². The number of aromatic carboxylic acids is 1. The van der Waals surface area contributed by atoms with Crippen LogP contribution in [0.1, 0.15) is 21.7 Å². The van der Waals surface area contributed by atoms with Gasteiger partial charge in [-0.05, 0) is 23.8 Å². The summed E-state index contributed by atoms with van der Waals surface area (Å²) in [5.41, 5.74) is 1.15. The van der Waals surface area contributed by atoms with Crippen molar-refractivity contribution in [3.05, 3.63) is 53.5 Å². The van der Waals surface area contributed by atoms with Crippen molar-refractivity contribution in [1.82, 2.24) is 0 Å². The first-order valence-corrected chi connectivity index (χ1v) is 5.13. The highest BCUT2D eigenvalue weighted by atomic mass is 16.5. The zero-order chi connectivity index (χ0) is 12.3. The SMILES string of the molecule is COc1cccc(Cc2occc2C(=O)O)c1. The summed E-state index contributed by atoms with van der Waals surface area (Å²) in [4.78, 5) is 10.9. The minimum absolute atomic E-state index is 0.202. The minimum Gasteiger partial charge on any atom is -0.497 e. The summed E-state index contributed by atoms with van der Waals surface area (Å²) in [6.45, 7) is 0. The van der Waals surface area contributed by atoms with Crippen LogP contribution in [0, 0.1) is 0 Å². The van der Waals surface area contributed by atoms with Gasteiger partial charge in [-0.15, -0.1) is 0 Å². The molecule has 2 aromatic rings. The lowest BCUT2D eigenvalue weighted by Gasteiger charge is -2.03. The van der Waals surface area contributed by atoms with Crippen LogP contribution in [0.5, 0.6) is 5.75 Å². The second-order valence-corrected chi connectivity index (χ2v) is 3.59. The monoisotopic (exact) mass is 232 g/mol. The van der Waals surface area contributed by atoms with E-state index in [0.29, 0.717) is 12.2 Å². The fraction of sp³-hybridized carbons (Fsp3) is 0.154. The molecule has 1 aromatic heterocycles. The van der Waals surface area contributed by atoms with Crippen molar-refractivity contribution in [3.8, 4) is 5.75 Å². The molecule has 0 radical (unpaired) electrons. The molecule has 4 heteroatoms. The standard InChI is InChI=1S/C13H12O4/c1-16-10-4-2-3-9(7-10)8-12-11(13(14)15)5-6-17-12/h2-7H,8H2,1H3,(H,14,15). The fourth-order valence-corrected chi connectivity index (χ4v) is 1.64. The van der Waals surface area contributed by atoms with Gasteiger partial charge >= 0.3 is 5.97 Å². The lowest BCUT2D eigenvalue weighted by atomic mass is 10.1. The Hall–Kier alpha value is -2.23. The molecule has 17 heavy (non-hydrogen) atoms. The van der Waals surface area contributed by atoms with E-state index in [4.69, 9.17) is 14.3 Å². The molecule has 0 aliphatic heterocycles. The highest BCUT2D eigenvalue weighted by Gasteiger charge is 2.13. The first-order valence-electron chi connectivity index (χ1n) is 5.13. The number of ether oxygens (including phenoxy) is 1. The van der Waals surface area contributed by atoms with Crippen LogP contribution >= 0.6 is 0 Å². The topological polar surface area (TPSA) is 59.7 Å². The number of hydrogen-bond donors (Lipinski definition) is 1. The van der Waals surface area contributed by atoms with Crippen LogP contribution in [-0.4, -0.2) is 18.2 Å². The predicted molar refractivity (Wildman–Crippen MR) is 61.5 cm³/mol. The van der Waals surface area contributed by atoms with E-state index in [1.165, 1.54) is 12.3 Å². The van der Waals surface area contributed by atoms with Crippen molar-refractivity contribution in [2.75, 3.05) is 7.11 Å². The summed E-state index contributed by atoms with van der Waals surface area (Å²) in [5, 5.41) is 8.95. The second-order valence-electron chi connectivity index (χ2n) is 3.59. The van der Waals surface area contributed by atoms with Gasteiger partial charge < -0.3 is 14.3 Å². The molecular weight excluding hydrogens is 220 g/mol. The maximum Gasteiger partial charge on any atom is 0.339 e. The smallest absolute Gasteiger partial charge is 0.339 e. The van der Waals surface area contributed by atoms with E-state index in [2.05, 4.69) is 0 Å². The van der Waals surface area contributed by atoms with Crippen LogP contribution < -0.4 is 4.74 Å². The van der Waals surface area contributed by atoms with E-state index >= 15 is 0 Å². The zero-order valence-corrected chi connectivity index (χ0v) is 9.34. The molecule has 2 rings (SSSR count). The van der Waals surface area contributed by atoms with Gasteiger partial charge in [0, 0.05) is 6.42 Å². The van der Waals surface area contributed by atoms with Gasteiger partial charge in [0.05, 0.1) is 13.4 Å². The summed E-state index contributed by atoms with van der Waals surface area (Å²) in [6, 6.07) is 8.91. The van der Waals surface area contributed by atoms with Gasteiger partial charge in [-0.2, -0.15) is 0 Å². The molecule has 0 fully saturated rings. The van der Waals surface area contributed by atoms with Crippen molar-refractivity contribution in [1.29, 1.82) is 0 Å². The van der Waals surface area contributed by atoms with Gasteiger partial charge in [-0.3, -0.25) is 0 Å². The molecule has 0 atom stereocenters. The van der Waals surface area contributed by atoms with Crippen molar-refractivity contribution in [3.63, 3.8) is 0 Å². The fourth-order valence-electron chi connectivity index (χ4n) is 1.64. The Kier molecular flexibility index (Phi) is 3.14. The minimum atomic E-state index is -0.975. The van der Waals surface area contributed by atoms with Gasteiger partial charge in [0.25, 0.3) is 0 Å². The molecule has 1 heterocycles. The van der Waals surface area contributed by atoms with Crippen molar-refractivity contribution in [2.24, 2.45) is 0 Å². The van der Waals surface area contributed by atoms with Crippen molar-refractivity contribution < 1.29 is 19.1 Å². The molecule has 88 valence electrons. The molecular formula is C13H12O4. The summed E-state index contributed by atoms with van der Waals surface area (Å²) in [7, 11) is 1.59. The number of furan rings is 1. The lowest BCUT2D eigenvalue weighted by Crippen LogP contribution is -1.99. The average molecular weight is 232 g/mol. The van der Waals surface area contributed by atoms with Crippen LogP contribution in [0.4, 0.5) is 0 Å². The summed E-state index contributed by atoms with van der Waals surface area (Å²) >= 11 is 0. The Morgan fingerprint density at radius 2 is 2.24 bits per heavy atom. The molecule has 1 N–H and O–H groups in total. The van der Waals surface area contributed by atoms with Crippen LogP contribution in [0.15, 0.2) is 41.0 Å². The number of hydrogen-bond acceptors (Lipinski definition) is 3. The maximum absolute atomic E-state index is 10.9. The molecule has 0 spiro atoms. The molecule has 0 saturated heterocycles. The third kappa shape index (κ3) is 2.47. The normalized spacial score (nSPS) is 10.2. The molecule has 1 aromatic carbocycles. The second kappa shape index (κ2) is 4.74. The average Bonchev–Trinajstić information content (AvgIpc) is 2.77. The lowest BCUT2D eigenvalue weighted by molar-refractivity contribution is 0.0694. The molecule has 4 nitrogen and oxygen atoms in total. The van der Waals surface area contributed by atoms with Crippen molar-refractivity contribution in [2.45, 2.75) is 6.42 Å². The van der Waals surface area contributed by atoms with Gasteiger partial charge in [-0.1, -0.05) is 12.1 Å². The first kappa shape index (κ1) is 11.3. The molecule has 0 aliphatic rings. The van der Waals surface area contributed by atoms with Gasteiger partial charge in [0.2, 0.25) is 0 Å². The maximum atomic E-state index is 10.9. The number of carbonyl (C=O) groups is 1. The molecule has 0 unspecified atom stereocenters. The largest absolute Gasteiger partial charge is 0.497 e. The Morgan fingerprint density at radius 3 is 2.94 bits per heavy atom. The summed E-state index contributed by atoms with van der Waals surface area (Å²) < 4.78 is 10.3. The number of carboxylic acids is 1. The van der Waals surface area contributed by atoms with Crippen LogP contribution in [-0.2, 0) is 6.42 Å². The Morgan fingerprint density at radius 1 is 1.41 bits per heavy atom. The highest BCUT2D eigenvalue weighted by molar-refractivity contribution is 5.88. The van der Waals surface area contributed by atoms with Gasteiger partial charge in [0.15, 0.2) is 0 Å². The van der Waals surface area contributed by atoms with E-state index in [0.717, 1.165) is 11.3 Å². The van der Waals surface area contributed by atoms with E-state index in [1.54, 1.807) is 7.11 Å². The van der Waals surface area contributed by atoms with E-state index in [9.17, 15) is 4.79 Å². The molecule has 0 bridgehead atoms. The van der Waals surface area contributed by atoms with E-state index in [1.807, 2.05) is 24.3 Å². The predicted octanol–water partition coefficient (Wildman–Crippen LogP) is 2.58. The summed E-state index contributed by atoms with van der Waals surface area (Å²) in [5.74, 6) is 0.216. The third-order valence-corrected chi connectivity index (χ3v) is 2.47. The van der Waals surface area contributed by atoms with Crippen molar-refractivity contribution >= 4 is 5.97 Å². The third-order valence-electron chi connectivity index (χ3n) is 2.47. The quantitative estimate of drug-likeness (QED) is 0.880. The van der Waals surface area contributed by atoms with Gasteiger partial charge in [-0.25, -0.2) is 4.79 Å². The number of carboxylic acid groups (broad SMARTS) is 1. The zero-order valence-electron chi connectivity index (χ0n) is 9.34. The Labute approximate surface area is 98.4 Å². The number of benzene rings is 1. The molecule has 0 aliphatic carbocycles. The van der Waals surface area contributed by atoms with Crippen LogP contribution in [0.25, 0.3) is 0 Å². The molecule has 0 saturated carbocycles. The van der Waals surface area contributed by atoms with E-state index in [-0.39, 0.29) is 5.56 Å². The highest BCUT2D eigenvalue weighted by Crippen LogP contribution is 2.19. The molecule has 0 amide bonds. The van der Waals surface area contributed by atoms with Gasteiger partial charge in [0.1, 0.15) is 17.1 Å². The number of methoxy groups -OCH3 is 1.